The van der Waals surface area contributed by atoms with Crippen LogP contribution in [-0.2, 0) is 22.7 Å². The molecule has 1 aromatic heterocycles. The fourth-order valence-corrected chi connectivity index (χ4v) is 2.35. The minimum absolute atomic E-state index is 0.0545. The molecular weight excluding hydrogens is 372 g/mol. The molecule has 0 saturated heterocycles. The van der Waals surface area contributed by atoms with Crippen molar-refractivity contribution in [1.29, 1.82) is 0 Å². The van der Waals surface area contributed by atoms with E-state index in [2.05, 4.69) is 31.1 Å². The first-order valence-corrected chi connectivity index (χ1v) is 8.40. The Morgan fingerprint density at radius 3 is 2.25 bits per heavy atom. The van der Waals surface area contributed by atoms with Crippen LogP contribution in [0.2, 0.25) is 0 Å². The molecule has 0 bridgehead atoms. The Morgan fingerprint density at radius 2 is 1.79 bits per heavy atom. The standard InChI is InChI=1S/C17H23F2N3.2CH2O2/c1-12-5-6-14(18)13(16(12)19)9-21-15(17(2,3)4)10-22-8-7-20-11-22;2*2-1-3/h5-8,11,15,21H,9-10H2,1-4H3;2*1H,(H,2,3). The summed E-state index contributed by atoms with van der Waals surface area (Å²) in [6.45, 7) is 8.30. The lowest BCUT2D eigenvalue weighted by molar-refractivity contribution is -0.123. The van der Waals surface area contributed by atoms with Gasteiger partial charge in [-0.2, -0.15) is 0 Å². The third-order valence-corrected chi connectivity index (χ3v) is 3.90. The highest BCUT2D eigenvalue weighted by atomic mass is 19.1. The molecule has 0 aliphatic heterocycles. The molecule has 1 unspecified atom stereocenters. The molecule has 0 amide bonds. The first-order chi connectivity index (χ1) is 13.1. The maximum absolute atomic E-state index is 14.1. The van der Waals surface area contributed by atoms with E-state index in [0.29, 0.717) is 12.1 Å². The average Bonchev–Trinajstić information content (AvgIpc) is 3.11. The summed E-state index contributed by atoms with van der Waals surface area (Å²) >= 11 is 0. The molecule has 2 aromatic rings. The Balaban J connectivity index is 0.00000108. The van der Waals surface area contributed by atoms with Crippen molar-refractivity contribution in [2.75, 3.05) is 0 Å². The number of imidazole rings is 1. The van der Waals surface area contributed by atoms with Crippen molar-refractivity contribution in [1.82, 2.24) is 14.9 Å². The molecule has 1 heterocycles. The lowest BCUT2D eigenvalue weighted by atomic mass is 9.86. The second-order valence-electron chi connectivity index (χ2n) is 6.93. The van der Waals surface area contributed by atoms with Crippen molar-refractivity contribution in [2.45, 2.75) is 46.8 Å². The summed E-state index contributed by atoms with van der Waals surface area (Å²) in [5, 5.41) is 17.1. The van der Waals surface area contributed by atoms with Gasteiger partial charge in [-0.1, -0.05) is 26.8 Å². The molecule has 3 N–H and O–H groups in total. The van der Waals surface area contributed by atoms with Gasteiger partial charge in [-0.25, -0.2) is 13.8 Å². The Labute approximate surface area is 163 Å². The van der Waals surface area contributed by atoms with E-state index in [1.165, 1.54) is 12.1 Å². The lowest BCUT2D eigenvalue weighted by Crippen LogP contribution is -2.43. The Hall–Kier alpha value is -2.81. The summed E-state index contributed by atoms with van der Waals surface area (Å²) in [5.74, 6) is -0.978. The predicted molar refractivity (Wildman–Crippen MR) is 101 cm³/mol. The van der Waals surface area contributed by atoms with Crippen LogP contribution < -0.4 is 5.32 Å². The lowest BCUT2D eigenvalue weighted by Gasteiger charge is -2.32. The van der Waals surface area contributed by atoms with E-state index >= 15 is 0 Å². The number of benzene rings is 1. The molecule has 1 aromatic carbocycles. The highest BCUT2D eigenvalue weighted by Gasteiger charge is 2.25. The van der Waals surface area contributed by atoms with Crippen molar-refractivity contribution in [2.24, 2.45) is 5.41 Å². The zero-order valence-corrected chi connectivity index (χ0v) is 16.4. The van der Waals surface area contributed by atoms with Gasteiger partial charge in [0.05, 0.1) is 6.33 Å². The van der Waals surface area contributed by atoms with Crippen LogP contribution in [0.15, 0.2) is 30.9 Å². The normalized spacial score (nSPS) is 11.4. The number of nitrogens with one attached hydrogen (secondary N) is 1. The second kappa shape index (κ2) is 12.6. The van der Waals surface area contributed by atoms with Crippen molar-refractivity contribution in [3.63, 3.8) is 0 Å². The summed E-state index contributed by atoms with van der Waals surface area (Å²) in [4.78, 5) is 20.8. The van der Waals surface area contributed by atoms with E-state index in [4.69, 9.17) is 19.8 Å². The fourth-order valence-electron chi connectivity index (χ4n) is 2.35. The van der Waals surface area contributed by atoms with Gasteiger partial charge in [0.15, 0.2) is 0 Å². The number of hydrogen-bond acceptors (Lipinski definition) is 4. The van der Waals surface area contributed by atoms with Crippen molar-refractivity contribution < 1.29 is 28.6 Å². The minimum Gasteiger partial charge on any atom is -0.483 e. The first kappa shape index (κ1) is 25.2. The largest absolute Gasteiger partial charge is 0.483 e. The molecule has 0 aliphatic rings. The van der Waals surface area contributed by atoms with Crippen molar-refractivity contribution in [3.05, 3.63) is 53.6 Å². The molecule has 9 heteroatoms. The highest BCUT2D eigenvalue weighted by molar-refractivity contribution is 5.33. The van der Waals surface area contributed by atoms with Crippen LogP contribution in [0.3, 0.4) is 0 Å². The van der Waals surface area contributed by atoms with Gasteiger partial charge in [0.2, 0.25) is 0 Å². The molecule has 0 spiro atoms. The number of rotatable bonds is 5. The zero-order chi connectivity index (χ0) is 21.7. The van der Waals surface area contributed by atoms with Crippen molar-refractivity contribution in [3.8, 4) is 0 Å². The summed E-state index contributed by atoms with van der Waals surface area (Å²) in [6.07, 6.45) is 5.35. The smallest absolute Gasteiger partial charge is 0.290 e. The van der Waals surface area contributed by atoms with Crippen LogP contribution in [0.4, 0.5) is 8.78 Å². The molecular formula is C19H27F2N3O4. The minimum atomic E-state index is -0.508. The third kappa shape index (κ3) is 8.72. The molecule has 0 fully saturated rings. The van der Waals surface area contributed by atoms with E-state index in [9.17, 15) is 8.78 Å². The summed E-state index contributed by atoms with van der Waals surface area (Å²) in [6, 6.07) is 2.83. The Bertz CT molecular complexity index is 711. The van der Waals surface area contributed by atoms with Crippen LogP contribution in [0.5, 0.6) is 0 Å². The van der Waals surface area contributed by atoms with Gasteiger partial charge in [-0.05, 0) is 24.0 Å². The molecule has 2 rings (SSSR count). The Morgan fingerprint density at radius 1 is 1.21 bits per heavy atom. The van der Waals surface area contributed by atoms with Crippen LogP contribution in [0.25, 0.3) is 0 Å². The number of nitrogens with zero attached hydrogens (tertiary/aromatic N) is 2. The number of hydrogen-bond donors (Lipinski definition) is 3. The summed E-state index contributed by atoms with van der Waals surface area (Å²) in [7, 11) is 0. The second-order valence-corrected chi connectivity index (χ2v) is 6.93. The fraction of sp³-hybridized carbons (Fsp3) is 0.421. The van der Waals surface area contributed by atoms with Gasteiger partial charge < -0.3 is 20.1 Å². The number of carbonyl (C=O) groups is 2. The average molecular weight is 399 g/mol. The van der Waals surface area contributed by atoms with Crippen LogP contribution in [-0.4, -0.2) is 38.8 Å². The highest BCUT2D eigenvalue weighted by Crippen LogP contribution is 2.22. The first-order valence-electron chi connectivity index (χ1n) is 8.40. The van der Waals surface area contributed by atoms with Crippen LogP contribution >= 0.6 is 0 Å². The number of aromatic nitrogens is 2. The topological polar surface area (TPSA) is 104 Å². The van der Waals surface area contributed by atoms with E-state index in [1.54, 1.807) is 19.4 Å². The molecule has 28 heavy (non-hydrogen) atoms. The molecule has 156 valence electrons. The van der Waals surface area contributed by atoms with E-state index < -0.39 is 11.6 Å². The zero-order valence-electron chi connectivity index (χ0n) is 16.4. The third-order valence-electron chi connectivity index (χ3n) is 3.90. The number of carboxylic acid groups (broad SMARTS) is 2. The number of halogens is 2. The molecule has 0 radical (unpaired) electrons. The van der Waals surface area contributed by atoms with E-state index in [0.717, 1.165) is 0 Å². The molecule has 0 saturated carbocycles. The summed E-state index contributed by atoms with van der Waals surface area (Å²) in [5.41, 5.74) is 0.501. The molecule has 0 aliphatic carbocycles. The maximum atomic E-state index is 14.1. The van der Waals surface area contributed by atoms with Crippen molar-refractivity contribution >= 4 is 12.9 Å². The SMILES string of the molecule is Cc1ccc(F)c(CNC(Cn2ccnc2)C(C)(C)C)c1F.O=CO.O=CO. The van der Waals surface area contributed by atoms with Gasteiger partial charge in [0.1, 0.15) is 11.6 Å². The quantitative estimate of drug-likeness (QED) is 0.668. The van der Waals surface area contributed by atoms with Crippen LogP contribution in [0, 0.1) is 24.0 Å². The van der Waals surface area contributed by atoms with Gasteiger partial charge >= 0.3 is 0 Å². The van der Waals surface area contributed by atoms with E-state index in [-0.39, 0.29) is 36.5 Å². The molecule has 1 atom stereocenters. The number of aryl methyl sites for hydroxylation is 1. The van der Waals surface area contributed by atoms with Gasteiger partial charge in [0.25, 0.3) is 12.9 Å². The predicted octanol–water partition coefficient (Wildman–Crippen LogP) is 3.08. The van der Waals surface area contributed by atoms with E-state index in [1.807, 2.05) is 10.8 Å². The Kier molecular flexibility index (Phi) is 11.3. The van der Waals surface area contributed by atoms with Gasteiger partial charge in [-0.3, -0.25) is 9.59 Å². The van der Waals surface area contributed by atoms with Gasteiger partial charge in [0, 0.05) is 37.1 Å². The molecule has 7 nitrogen and oxygen atoms in total. The summed E-state index contributed by atoms with van der Waals surface area (Å²) < 4.78 is 29.9. The monoisotopic (exact) mass is 399 g/mol. The van der Waals surface area contributed by atoms with Gasteiger partial charge in [-0.15, -0.1) is 0 Å². The van der Waals surface area contributed by atoms with Crippen LogP contribution in [0.1, 0.15) is 31.9 Å². The maximum Gasteiger partial charge on any atom is 0.290 e.